The molecule has 33 heavy (non-hydrogen) atoms. The number of fused-ring (bicyclic) bond motifs is 5. The average Bonchev–Trinajstić information content (AvgIpc) is 3.40. The zero-order valence-electron chi connectivity index (χ0n) is 19.0. The van der Waals surface area contributed by atoms with Gasteiger partial charge in [-0.1, -0.05) is 23.7 Å². The quantitative estimate of drug-likeness (QED) is 0.430. The summed E-state index contributed by atoms with van der Waals surface area (Å²) in [5.74, 6) is 0. The number of nitrogens with zero attached hydrogens (tertiary/aromatic N) is 2. The van der Waals surface area contributed by atoms with Crippen molar-refractivity contribution in [2.24, 2.45) is 0 Å². The fourth-order valence-electron chi connectivity index (χ4n) is 5.03. The van der Waals surface area contributed by atoms with Crippen LogP contribution >= 0.6 is 22.9 Å². The maximum Gasteiger partial charge on any atom is 0.318 e. The number of rotatable bonds is 6. The fraction of sp³-hybridized carbons (Fsp3) is 0.423. The van der Waals surface area contributed by atoms with Crippen LogP contribution in [0.4, 0.5) is 4.79 Å². The van der Waals surface area contributed by atoms with Gasteiger partial charge in [0.15, 0.2) is 0 Å². The molecule has 2 aromatic heterocycles. The van der Waals surface area contributed by atoms with Crippen LogP contribution in [0.1, 0.15) is 59.5 Å². The molecule has 1 aliphatic heterocycles. The lowest BCUT2D eigenvalue weighted by Gasteiger charge is -2.31. The first-order chi connectivity index (χ1) is 16.2. The number of halogens is 1. The molecule has 5 rings (SSSR count). The van der Waals surface area contributed by atoms with E-state index in [0.717, 1.165) is 30.5 Å². The fourth-order valence-corrected chi connectivity index (χ4v) is 6.63. The molecule has 1 aliphatic carbocycles. The summed E-state index contributed by atoms with van der Waals surface area (Å²) < 4.78 is 7.74. The number of carbonyl (C=O) groups excluding carboxylic acids is 1. The summed E-state index contributed by atoms with van der Waals surface area (Å²) in [5, 5.41) is 5.09. The number of carbonyl (C=O) groups is 1. The minimum absolute atomic E-state index is 0.0483. The van der Waals surface area contributed by atoms with E-state index in [1.165, 1.54) is 33.8 Å². The van der Waals surface area contributed by atoms with Gasteiger partial charge in [-0.15, -0.1) is 11.3 Å². The maximum absolute atomic E-state index is 13.6. The van der Waals surface area contributed by atoms with Crippen LogP contribution < -0.4 is 5.32 Å². The van der Waals surface area contributed by atoms with Gasteiger partial charge in [-0.2, -0.15) is 0 Å². The van der Waals surface area contributed by atoms with E-state index in [9.17, 15) is 4.79 Å². The third kappa shape index (κ3) is 4.44. The lowest BCUT2D eigenvalue weighted by atomic mass is 9.95. The second-order valence-electron chi connectivity index (χ2n) is 8.67. The Balaban J connectivity index is 1.55. The van der Waals surface area contributed by atoms with Gasteiger partial charge in [-0.25, -0.2) is 4.79 Å². The zero-order chi connectivity index (χ0) is 22.8. The van der Waals surface area contributed by atoms with Gasteiger partial charge in [0.25, 0.3) is 0 Å². The molecule has 2 amide bonds. The van der Waals surface area contributed by atoms with Gasteiger partial charge < -0.3 is 19.5 Å². The number of hydrogen-bond acceptors (Lipinski definition) is 3. The van der Waals surface area contributed by atoms with Crippen molar-refractivity contribution >= 4 is 29.0 Å². The lowest BCUT2D eigenvalue weighted by molar-refractivity contribution is 0.143. The topological polar surface area (TPSA) is 46.5 Å². The Morgan fingerprint density at radius 3 is 2.94 bits per heavy atom. The van der Waals surface area contributed by atoms with Crippen LogP contribution in [0.2, 0.25) is 5.02 Å². The molecule has 0 fully saturated rings. The molecule has 0 saturated heterocycles. The van der Waals surface area contributed by atoms with E-state index in [0.29, 0.717) is 31.3 Å². The van der Waals surface area contributed by atoms with Crippen LogP contribution in [0, 0.1) is 0 Å². The number of amides is 2. The number of ether oxygens (including phenoxy) is 1. The predicted octanol–water partition coefficient (Wildman–Crippen LogP) is 6.11. The molecule has 3 heterocycles. The summed E-state index contributed by atoms with van der Waals surface area (Å²) in [5.41, 5.74) is 4.89. The largest absolute Gasteiger partial charge is 0.382 e. The Bertz CT molecular complexity index is 1140. The predicted molar refractivity (Wildman–Crippen MR) is 134 cm³/mol. The highest BCUT2D eigenvalue weighted by Gasteiger charge is 2.36. The van der Waals surface area contributed by atoms with Crippen molar-refractivity contribution in [2.45, 2.75) is 51.6 Å². The Labute approximate surface area is 204 Å². The van der Waals surface area contributed by atoms with Crippen molar-refractivity contribution in [3.05, 3.63) is 74.9 Å². The number of hydrogen-bond donors (Lipinski definition) is 1. The number of urea groups is 1. The number of thiophene rings is 1. The summed E-state index contributed by atoms with van der Waals surface area (Å²) in [6, 6.07) is 11.8. The lowest BCUT2D eigenvalue weighted by Crippen LogP contribution is -2.42. The highest BCUT2D eigenvalue weighted by Crippen LogP contribution is 2.44. The van der Waals surface area contributed by atoms with Crippen molar-refractivity contribution in [3.8, 4) is 5.00 Å². The molecule has 1 N–H and O–H groups in total. The Kier molecular flexibility index (Phi) is 6.76. The van der Waals surface area contributed by atoms with Crippen LogP contribution in [0.5, 0.6) is 0 Å². The molecule has 1 atom stereocenters. The molecule has 7 heteroatoms. The van der Waals surface area contributed by atoms with Gasteiger partial charge in [0, 0.05) is 41.4 Å². The van der Waals surface area contributed by atoms with E-state index < -0.39 is 0 Å². The van der Waals surface area contributed by atoms with Crippen LogP contribution in [0.15, 0.2) is 42.6 Å². The van der Waals surface area contributed by atoms with E-state index in [1.54, 1.807) is 0 Å². The van der Waals surface area contributed by atoms with E-state index in [-0.39, 0.29) is 12.1 Å². The summed E-state index contributed by atoms with van der Waals surface area (Å²) >= 11 is 8.29. The molecule has 5 nitrogen and oxygen atoms in total. The molecule has 0 radical (unpaired) electrons. The first kappa shape index (κ1) is 22.5. The molecule has 0 unspecified atom stereocenters. The minimum Gasteiger partial charge on any atom is -0.382 e. The number of aryl methyl sites for hydroxylation is 1. The summed E-state index contributed by atoms with van der Waals surface area (Å²) in [4.78, 5) is 17.1. The van der Waals surface area contributed by atoms with Crippen molar-refractivity contribution in [2.75, 3.05) is 19.8 Å². The molecule has 2 aliphatic rings. The highest BCUT2D eigenvalue weighted by molar-refractivity contribution is 7.15. The van der Waals surface area contributed by atoms with Crippen LogP contribution in [0.25, 0.3) is 5.00 Å². The molecule has 174 valence electrons. The monoisotopic (exact) mass is 483 g/mol. The van der Waals surface area contributed by atoms with Gasteiger partial charge in [0.1, 0.15) is 5.00 Å². The van der Waals surface area contributed by atoms with Gasteiger partial charge in [0.2, 0.25) is 0 Å². The van der Waals surface area contributed by atoms with E-state index in [4.69, 9.17) is 16.3 Å². The maximum atomic E-state index is 13.6. The Morgan fingerprint density at radius 2 is 2.09 bits per heavy atom. The van der Waals surface area contributed by atoms with Gasteiger partial charge in [-0.05, 0) is 74.4 Å². The van der Waals surface area contributed by atoms with Gasteiger partial charge in [0.05, 0.1) is 18.3 Å². The zero-order valence-corrected chi connectivity index (χ0v) is 20.6. The van der Waals surface area contributed by atoms with E-state index in [1.807, 2.05) is 41.4 Å². The highest BCUT2D eigenvalue weighted by atomic mass is 35.5. The van der Waals surface area contributed by atoms with Crippen molar-refractivity contribution in [1.29, 1.82) is 0 Å². The van der Waals surface area contributed by atoms with E-state index in [2.05, 4.69) is 34.3 Å². The van der Waals surface area contributed by atoms with Crippen molar-refractivity contribution < 1.29 is 9.53 Å². The van der Waals surface area contributed by atoms with Crippen LogP contribution in [-0.2, 0) is 24.1 Å². The smallest absolute Gasteiger partial charge is 0.318 e. The third-order valence-corrected chi connectivity index (χ3v) is 8.12. The third-order valence-electron chi connectivity index (χ3n) is 6.55. The number of aromatic nitrogens is 1. The number of nitrogens with one attached hydrogen (secondary N) is 1. The summed E-state index contributed by atoms with van der Waals surface area (Å²) in [6.45, 7) is 4.52. The van der Waals surface area contributed by atoms with Gasteiger partial charge >= 0.3 is 6.03 Å². The van der Waals surface area contributed by atoms with Crippen LogP contribution in [0.3, 0.4) is 0 Å². The normalized spacial score (nSPS) is 17.2. The first-order valence-electron chi connectivity index (χ1n) is 11.9. The molecule has 0 spiro atoms. The minimum atomic E-state index is -0.218. The SMILES string of the molecule is CCOCCCNC(=O)N1Cc2c(sc3c2CCCC3)-n2cccc2[C@H]1c1cccc(Cl)c1. The van der Waals surface area contributed by atoms with Crippen molar-refractivity contribution in [3.63, 3.8) is 0 Å². The Hall–Kier alpha value is -2.28. The van der Waals surface area contributed by atoms with Gasteiger partial charge in [-0.3, -0.25) is 0 Å². The molecular weight excluding hydrogens is 454 g/mol. The van der Waals surface area contributed by atoms with E-state index >= 15 is 0 Å². The first-order valence-corrected chi connectivity index (χ1v) is 13.1. The average molecular weight is 484 g/mol. The number of benzene rings is 1. The standard InChI is InChI=1S/C26H30ClN3O2S/c1-2-32-15-7-13-28-26(31)30-17-21-20-10-3-4-12-23(20)33-25(21)29-14-6-11-22(29)24(30)18-8-5-9-19(27)16-18/h5-6,8-9,11,14,16,24H,2-4,7,10,12-13,15,17H2,1H3,(H,28,31)/t24-/m1/s1. The van der Waals surface area contributed by atoms with Crippen molar-refractivity contribution in [1.82, 2.24) is 14.8 Å². The summed E-state index contributed by atoms with van der Waals surface area (Å²) in [7, 11) is 0. The molecular formula is C26H30ClN3O2S. The second kappa shape index (κ2) is 9.92. The Morgan fingerprint density at radius 1 is 1.21 bits per heavy atom. The molecule has 0 saturated carbocycles. The molecule has 3 aromatic rings. The summed E-state index contributed by atoms with van der Waals surface area (Å²) in [6.07, 6.45) is 7.65. The second-order valence-corrected chi connectivity index (χ2v) is 10.2. The molecule has 1 aromatic carbocycles. The molecule has 0 bridgehead atoms. The van der Waals surface area contributed by atoms with Crippen LogP contribution in [-0.4, -0.2) is 35.3 Å².